The van der Waals surface area contributed by atoms with E-state index in [1.165, 1.54) is 0 Å². The molecule has 2 rings (SSSR count). The van der Waals surface area contributed by atoms with Gasteiger partial charge in [-0.15, -0.1) is 11.6 Å². The molecular weight excluding hydrogens is 286 g/mol. The molecule has 0 saturated heterocycles. The highest BCUT2D eigenvalue weighted by Crippen LogP contribution is 2.26. The van der Waals surface area contributed by atoms with Crippen LogP contribution in [0.15, 0.2) is 18.2 Å². The first-order valence-corrected chi connectivity index (χ1v) is 7.73. The van der Waals surface area contributed by atoms with Gasteiger partial charge in [0, 0.05) is 19.0 Å². The van der Waals surface area contributed by atoms with Gasteiger partial charge in [-0.05, 0) is 39.3 Å². The van der Waals surface area contributed by atoms with Gasteiger partial charge in [0.1, 0.15) is 5.82 Å². The second-order valence-electron chi connectivity index (χ2n) is 5.65. The van der Waals surface area contributed by atoms with Crippen LogP contribution in [0.5, 0.6) is 0 Å². The highest BCUT2D eigenvalue weighted by atomic mass is 35.5. The summed E-state index contributed by atoms with van der Waals surface area (Å²) < 4.78 is 2.06. The van der Waals surface area contributed by atoms with Crippen molar-refractivity contribution in [3.8, 4) is 0 Å². The number of hydrogen-bond acceptors (Lipinski definition) is 2. The van der Waals surface area contributed by atoms with Crippen molar-refractivity contribution in [1.29, 1.82) is 0 Å². The number of amides is 1. The molecule has 4 nitrogen and oxygen atoms in total. The number of hydrogen-bond donors (Lipinski definition) is 1. The number of aryl methyl sites for hydroxylation is 2. The number of carbonyl (C=O) groups excluding carboxylic acids is 1. The lowest BCUT2D eigenvalue weighted by atomic mass is 10.2. The van der Waals surface area contributed by atoms with Crippen LogP contribution in [0.2, 0.25) is 0 Å². The summed E-state index contributed by atoms with van der Waals surface area (Å²) in [6.45, 7) is 8.45. The summed E-state index contributed by atoms with van der Waals surface area (Å²) in [5, 5.41) is 2.72. The van der Waals surface area contributed by atoms with E-state index in [-0.39, 0.29) is 17.3 Å². The Kier molecular flexibility index (Phi) is 4.88. The molecule has 0 bridgehead atoms. The van der Waals surface area contributed by atoms with Crippen molar-refractivity contribution < 1.29 is 4.79 Å². The zero-order valence-corrected chi connectivity index (χ0v) is 13.7. The van der Waals surface area contributed by atoms with Gasteiger partial charge in [0.2, 0.25) is 5.91 Å². The Labute approximate surface area is 130 Å². The Hall–Kier alpha value is -1.55. The summed E-state index contributed by atoms with van der Waals surface area (Å²) in [5.41, 5.74) is 3.12. The summed E-state index contributed by atoms with van der Waals surface area (Å²) in [7, 11) is 0. The lowest BCUT2D eigenvalue weighted by molar-refractivity contribution is -0.121. The number of aromatic nitrogens is 2. The SMILES string of the molecule is Cc1cccc2c1nc(C(C)Cl)n2CCC(=O)NC(C)C. The first kappa shape index (κ1) is 15.8. The molecule has 0 aliphatic carbocycles. The maximum atomic E-state index is 11.9. The maximum Gasteiger partial charge on any atom is 0.221 e. The Morgan fingerprint density at radius 1 is 1.38 bits per heavy atom. The Balaban J connectivity index is 2.31. The number of carbonyl (C=O) groups is 1. The monoisotopic (exact) mass is 307 g/mol. The molecule has 5 heteroatoms. The summed E-state index contributed by atoms with van der Waals surface area (Å²) in [5.74, 6) is 0.867. The lowest BCUT2D eigenvalue weighted by Gasteiger charge is -2.12. The summed E-state index contributed by atoms with van der Waals surface area (Å²) >= 11 is 6.25. The first-order valence-electron chi connectivity index (χ1n) is 7.29. The van der Waals surface area contributed by atoms with Crippen molar-refractivity contribution in [3.05, 3.63) is 29.6 Å². The minimum Gasteiger partial charge on any atom is -0.354 e. The predicted molar refractivity (Wildman–Crippen MR) is 86.6 cm³/mol. The van der Waals surface area contributed by atoms with E-state index in [1.54, 1.807) is 0 Å². The molecule has 1 N–H and O–H groups in total. The molecule has 0 aliphatic rings. The number of benzene rings is 1. The van der Waals surface area contributed by atoms with E-state index in [0.29, 0.717) is 13.0 Å². The van der Waals surface area contributed by atoms with Gasteiger partial charge in [0.05, 0.1) is 16.4 Å². The lowest BCUT2D eigenvalue weighted by Crippen LogP contribution is -2.30. The summed E-state index contributed by atoms with van der Waals surface area (Å²) in [6.07, 6.45) is 0.425. The Morgan fingerprint density at radius 3 is 2.71 bits per heavy atom. The zero-order chi connectivity index (χ0) is 15.6. The number of halogens is 1. The number of fused-ring (bicyclic) bond motifs is 1. The van der Waals surface area contributed by atoms with E-state index in [4.69, 9.17) is 11.6 Å². The maximum absolute atomic E-state index is 11.9. The minimum atomic E-state index is -0.190. The van der Waals surface area contributed by atoms with E-state index in [9.17, 15) is 4.79 Å². The third-order valence-electron chi connectivity index (χ3n) is 3.38. The zero-order valence-electron chi connectivity index (χ0n) is 13.0. The van der Waals surface area contributed by atoms with Gasteiger partial charge in [0.15, 0.2) is 0 Å². The molecule has 21 heavy (non-hydrogen) atoms. The molecule has 1 aromatic heterocycles. The van der Waals surface area contributed by atoms with Crippen LogP contribution in [0, 0.1) is 6.92 Å². The fourth-order valence-electron chi connectivity index (χ4n) is 2.45. The van der Waals surface area contributed by atoms with Crippen LogP contribution in [0.4, 0.5) is 0 Å². The van der Waals surface area contributed by atoms with Gasteiger partial charge in [-0.3, -0.25) is 4.79 Å². The van der Waals surface area contributed by atoms with E-state index >= 15 is 0 Å². The van der Waals surface area contributed by atoms with E-state index in [1.807, 2.05) is 45.9 Å². The van der Waals surface area contributed by atoms with Gasteiger partial charge in [-0.25, -0.2) is 4.98 Å². The van der Waals surface area contributed by atoms with Crippen LogP contribution < -0.4 is 5.32 Å². The van der Waals surface area contributed by atoms with Gasteiger partial charge in [-0.2, -0.15) is 0 Å². The fourth-order valence-corrected chi connectivity index (χ4v) is 2.62. The number of alkyl halides is 1. The molecular formula is C16H22ClN3O. The standard InChI is InChI=1S/C16H22ClN3O/c1-10(2)18-14(21)8-9-20-13-7-5-6-11(3)15(13)19-16(20)12(4)17/h5-7,10,12H,8-9H2,1-4H3,(H,18,21). The van der Waals surface area contributed by atoms with Crippen LogP contribution in [0.1, 0.15) is 44.0 Å². The molecule has 1 amide bonds. The smallest absolute Gasteiger partial charge is 0.221 e. The third-order valence-corrected chi connectivity index (χ3v) is 3.57. The van der Waals surface area contributed by atoms with E-state index in [2.05, 4.69) is 14.9 Å². The normalized spacial score (nSPS) is 12.9. The van der Waals surface area contributed by atoms with E-state index < -0.39 is 0 Å². The largest absolute Gasteiger partial charge is 0.354 e. The van der Waals surface area contributed by atoms with Crippen LogP contribution in [-0.4, -0.2) is 21.5 Å². The van der Waals surface area contributed by atoms with Crippen molar-refractivity contribution in [2.45, 2.75) is 52.1 Å². The van der Waals surface area contributed by atoms with Crippen LogP contribution >= 0.6 is 11.6 Å². The first-order chi connectivity index (χ1) is 9.90. The Bertz CT molecular complexity index is 646. The Morgan fingerprint density at radius 2 is 2.10 bits per heavy atom. The average Bonchev–Trinajstić information content (AvgIpc) is 2.76. The number of rotatable bonds is 5. The molecule has 1 aromatic carbocycles. The van der Waals surface area contributed by atoms with Crippen molar-refractivity contribution >= 4 is 28.5 Å². The summed E-state index contributed by atoms with van der Waals surface area (Å²) in [4.78, 5) is 16.5. The fraction of sp³-hybridized carbons (Fsp3) is 0.500. The number of nitrogens with zero attached hydrogens (tertiary/aromatic N) is 2. The number of para-hydroxylation sites is 1. The molecule has 0 spiro atoms. The van der Waals surface area contributed by atoms with Gasteiger partial charge in [0.25, 0.3) is 0 Å². The van der Waals surface area contributed by atoms with Crippen molar-refractivity contribution in [2.75, 3.05) is 0 Å². The van der Waals surface area contributed by atoms with Crippen LogP contribution in [0.25, 0.3) is 11.0 Å². The number of nitrogens with one attached hydrogen (secondary N) is 1. The molecule has 0 fully saturated rings. The molecule has 2 aromatic rings. The summed E-state index contributed by atoms with van der Waals surface area (Å²) in [6, 6.07) is 6.23. The molecule has 1 heterocycles. The quantitative estimate of drug-likeness (QED) is 0.859. The molecule has 114 valence electrons. The number of imidazole rings is 1. The van der Waals surface area contributed by atoms with Gasteiger partial charge >= 0.3 is 0 Å². The van der Waals surface area contributed by atoms with Crippen LogP contribution in [-0.2, 0) is 11.3 Å². The minimum absolute atomic E-state index is 0.0488. The van der Waals surface area contributed by atoms with Crippen molar-refractivity contribution in [2.24, 2.45) is 0 Å². The third kappa shape index (κ3) is 3.56. The molecule has 1 unspecified atom stereocenters. The molecule has 0 saturated carbocycles. The highest BCUT2D eigenvalue weighted by molar-refractivity contribution is 6.20. The average molecular weight is 308 g/mol. The highest BCUT2D eigenvalue weighted by Gasteiger charge is 2.16. The second kappa shape index (κ2) is 6.48. The molecule has 1 atom stereocenters. The van der Waals surface area contributed by atoms with Crippen molar-refractivity contribution in [1.82, 2.24) is 14.9 Å². The molecule has 0 radical (unpaired) electrons. The topological polar surface area (TPSA) is 46.9 Å². The predicted octanol–water partition coefficient (Wildman–Crippen LogP) is 3.56. The van der Waals surface area contributed by atoms with Crippen LogP contribution in [0.3, 0.4) is 0 Å². The van der Waals surface area contributed by atoms with E-state index in [0.717, 1.165) is 22.4 Å². The van der Waals surface area contributed by atoms with Gasteiger partial charge in [-0.1, -0.05) is 12.1 Å². The molecule has 0 aliphatic heterocycles. The second-order valence-corrected chi connectivity index (χ2v) is 6.31. The van der Waals surface area contributed by atoms with Gasteiger partial charge < -0.3 is 9.88 Å². The van der Waals surface area contributed by atoms with Crippen molar-refractivity contribution in [3.63, 3.8) is 0 Å².